The van der Waals surface area contributed by atoms with Gasteiger partial charge in [-0.05, 0) is 38.1 Å². The predicted octanol–water partition coefficient (Wildman–Crippen LogP) is 4.75. The Labute approximate surface area is 127 Å². The highest BCUT2D eigenvalue weighted by Crippen LogP contribution is 2.34. The van der Waals surface area contributed by atoms with Crippen LogP contribution in [-0.2, 0) is 0 Å². The van der Waals surface area contributed by atoms with E-state index in [1.165, 1.54) is 4.88 Å². The van der Waals surface area contributed by atoms with Crippen molar-refractivity contribution in [2.45, 2.75) is 32.9 Å². The van der Waals surface area contributed by atoms with Crippen LogP contribution in [0.4, 0.5) is 8.78 Å². The maximum absolute atomic E-state index is 12.6. The molecular weight excluding hydrogens is 292 g/mol. The highest BCUT2D eigenvalue weighted by atomic mass is 32.1. The van der Waals surface area contributed by atoms with Gasteiger partial charge in [0.25, 0.3) is 0 Å². The van der Waals surface area contributed by atoms with Gasteiger partial charge in [-0.25, -0.2) is 0 Å². The van der Waals surface area contributed by atoms with Crippen LogP contribution in [0, 0.1) is 6.92 Å². The van der Waals surface area contributed by atoms with Gasteiger partial charge in [0.15, 0.2) is 0 Å². The van der Waals surface area contributed by atoms with E-state index in [4.69, 9.17) is 0 Å². The van der Waals surface area contributed by atoms with Crippen LogP contribution in [-0.4, -0.2) is 13.2 Å². The van der Waals surface area contributed by atoms with E-state index in [2.05, 4.69) is 17.0 Å². The third-order valence-electron chi connectivity index (χ3n) is 3.09. The number of nitrogens with one attached hydrogen (secondary N) is 1. The molecule has 0 fully saturated rings. The normalized spacial score (nSPS) is 12.6. The first-order valence-electron chi connectivity index (χ1n) is 6.95. The van der Waals surface area contributed by atoms with Crippen molar-refractivity contribution in [3.05, 3.63) is 51.7 Å². The number of benzene rings is 1. The predicted molar refractivity (Wildman–Crippen MR) is 82.3 cm³/mol. The van der Waals surface area contributed by atoms with E-state index in [1.54, 1.807) is 23.5 Å². The van der Waals surface area contributed by atoms with Crippen molar-refractivity contribution in [3.8, 4) is 5.75 Å². The van der Waals surface area contributed by atoms with Crippen LogP contribution in [0.1, 0.15) is 34.7 Å². The lowest BCUT2D eigenvalue weighted by atomic mass is 10.0. The first-order chi connectivity index (χ1) is 10.1. The van der Waals surface area contributed by atoms with Crippen LogP contribution in [0.25, 0.3) is 0 Å². The van der Waals surface area contributed by atoms with E-state index in [0.717, 1.165) is 23.4 Å². The molecular formula is C16H19F2NOS. The molecule has 1 N–H and O–H groups in total. The molecule has 5 heteroatoms. The van der Waals surface area contributed by atoms with Crippen LogP contribution >= 0.6 is 11.3 Å². The number of ether oxygens (including phenoxy) is 1. The smallest absolute Gasteiger partial charge is 0.387 e. The minimum atomic E-state index is -2.82. The van der Waals surface area contributed by atoms with Crippen molar-refractivity contribution < 1.29 is 13.5 Å². The number of halogens is 2. The number of para-hydroxylation sites is 1. The highest BCUT2D eigenvalue weighted by Gasteiger charge is 2.20. The summed E-state index contributed by atoms with van der Waals surface area (Å²) in [6.07, 6.45) is 0.971. The summed E-state index contributed by atoms with van der Waals surface area (Å²) < 4.78 is 29.8. The summed E-state index contributed by atoms with van der Waals surface area (Å²) in [5, 5.41) is 3.41. The highest BCUT2D eigenvalue weighted by molar-refractivity contribution is 7.12. The summed E-state index contributed by atoms with van der Waals surface area (Å²) >= 11 is 1.66. The summed E-state index contributed by atoms with van der Waals surface area (Å²) in [5.41, 5.74) is 0.744. The van der Waals surface area contributed by atoms with Gasteiger partial charge in [0.1, 0.15) is 5.75 Å². The van der Waals surface area contributed by atoms with Gasteiger partial charge in [0.05, 0.1) is 6.04 Å². The zero-order valence-electron chi connectivity index (χ0n) is 12.1. The Morgan fingerprint density at radius 1 is 1.19 bits per heavy atom. The minimum absolute atomic E-state index is 0.126. The molecule has 21 heavy (non-hydrogen) atoms. The summed E-state index contributed by atoms with van der Waals surface area (Å²) in [4.78, 5) is 2.30. The molecule has 1 unspecified atom stereocenters. The molecule has 0 bridgehead atoms. The Hall–Kier alpha value is -1.46. The molecule has 0 amide bonds. The number of thiophene rings is 1. The minimum Gasteiger partial charge on any atom is -0.434 e. The Morgan fingerprint density at radius 3 is 2.57 bits per heavy atom. The summed E-state index contributed by atoms with van der Waals surface area (Å²) in [5.74, 6) is 0.229. The van der Waals surface area contributed by atoms with E-state index < -0.39 is 6.61 Å². The molecule has 2 aromatic rings. The molecule has 1 heterocycles. The van der Waals surface area contributed by atoms with Gasteiger partial charge in [0.2, 0.25) is 0 Å². The first-order valence-corrected chi connectivity index (χ1v) is 7.77. The fourth-order valence-electron chi connectivity index (χ4n) is 2.18. The number of alkyl halides is 2. The summed E-state index contributed by atoms with van der Waals surface area (Å²) in [6, 6.07) is 10.9. The molecule has 0 aliphatic heterocycles. The fourth-order valence-corrected chi connectivity index (χ4v) is 3.16. The summed E-state index contributed by atoms with van der Waals surface area (Å²) in [7, 11) is 0. The third-order valence-corrected chi connectivity index (χ3v) is 4.16. The lowest BCUT2D eigenvalue weighted by molar-refractivity contribution is -0.0506. The van der Waals surface area contributed by atoms with Crippen LogP contribution in [0.15, 0.2) is 36.4 Å². The molecule has 2 rings (SSSR count). The zero-order chi connectivity index (χ0) is 15.2. The fraction of sp³-hybridized carbons (Fsp3) is 0.375. The maximum Gasteiger partial charge on any atom is 0.387 e. The van der Waals surface area contributed by atoms with Crippen LogP contribution in [0.3, 0.4) is 0 Å². The molecule has 114 valence electrons. The van der Waals surface area contributed by atoms with Crippen LogP contribution < -0.4 is 10.1 Å². The SMILES string of the molecule is CCCNC(c1ccc(C)s1)c1ccccc1OC(F)F. The van der Waals surface area contributed by atoms with Gasteiger partial charge >= 0.3 is 6.61 Å². The quantitative estimate of drug-likeness (QED) is 0.797. The Bertz CT molecular complexity index is 571. The Kier molecular flexibility index (Phi) is 5.70. The zero-order valence-corrected chi connectivity index (χ0v) is 12.9. The van der Waals surface area contributed by atoms with E-state index >= 15 is 0 Å². The Balaban J connectivity index is 2.36. The molecule has 2 nitrogen and oxygen atoms in total. The number of hydrogen-bond acceptors (Lipinski definition) is 3. The van der Waals surface area contributed by atoms with Crippen molar-refractivity contribution in [2.75, 3.05) is 6.54 Å². The first kappa shape index (κ1) is 15.9. The summed E-state index contributed by atoms with van der Waals surface area (Å²) in [6.45, 7) is 2.10. The molecule has 0 saturated heterocycles. The average molecular weight is 311 g/mol. The van der Waals surface area contributed by atoms with Gasteiger partial charge in [-0.3, -0.25) is 0 Å². The van der Waals surface area contributed by atoms with Crippen molar-refractivity contribution in [3.63, 3.8) is 0 Å². The monoisotopic (exact) mass is 311 g/mol. The molecule has 0 spiro atoms. The second-order valence-corrected chi connectivity index (χ2v) is 6.07. The lowest BCUT2D eigenvalue weighted by Gasteiger charge is -2.20. The van der Waals surface area contributed by atoms with Crippen molar-refractivity contribution in [1.82, 2.24) is 5.32 Å². The van der Waals surface area contributed by atoms with Crippen molar-refractivity contribution in [1.29, 1.82) is 0 Å². The molecule has 1 aromatic carbocycles. The number of hydrogen-bond donors (Lipinski definition) is 1. The standard InChI is InChI=1S/C16H19F2NOS/c1-3-10-19-15(14-9-8-11(2)21-14)12-6-4-5-7-13(12)20-16(17)18/h4-9,15-16,19H,3,10H2,1-2H3. The Morgan fingerprint density at radius 2 is 1.95 bits per heavy atom. The molecule has 0 saturated carbocycles. The molecule has 0 aliphatic carbocycles. The van der Waals surface area contributed by atoms with Crippen molar-refractivity contribution in [2.24, 2.45) is 0 Å². The second kappa shape index (κ2) is 7.52. The van der Waals surface area contributed by atoms with E-state index in [9.17, 15) is 8.78 Å². The van der Waals surface area contributed by atoms with Gasteiger partial charge < -0.3 is 10.1 Å². The topological polar surface area (TPSA) is 21.3 Å². The number of aryl methyl sites for hydroxylation is 1. The van der Waals surface area contributed by atoms with Gasteiger partial charge in [-0.2, -0.15) is 8.78 Å². The second-order valence-electron chi connectivity index (χ2n) is 4.75. The number of rotatable bonds is 7. The van der Waals surface area contributed by atoms with Crippen molar-refractivity contribution >= 4 is 11.3 Å². The molecule has 0 aliphatic rings. The van der Waals surface area contributed by atoms with Crippen LogP contribution in [0.2, 0.25) is 0 Å². The van der Waals surface area contributed by atoms with E-state index in [-0.39, 0.29) is 11.8 Å². The third kappa shape index (κ3) is 4.25. The molecule has 0 radical (unpaired) electrons. The largest absolute Gasteiger partial charge is 0.434 e. The molecule has 1 atom stereocenters. The van der Waals surface area contributed by atoms with E-state index in [1.807, 2.05) is 31.2 Å². The average Bonchev–Trinajstić information content (AvgIpc) is 2.87. The lowest BCUT2D eigenvalue weighted by Crippen LogP contribution is -2.23. The van der Waals surface area contributed by atoms with Gasteiger partial charge in [-0.1, -0.05) is 25.1 Å². The van der Waals surface area contributed by atoms with Crippen LogP contribution in [0.5, 0.6) is 5.75 Å². The van der Waals surface area contributed by atoms with E-state index in [0.29, 0.717) is 0 Å². The van der Waals surface area contributed by atoms with Gasteiger partial charge in [0, 0.05) is 15.3 Å². The molecule has 1 aromatic heterocycles. The van der Waals surface area contributed by atoms with Gasteiger partial charge in [-0.15, -0.1) is 11.3 Å². The maximum atomic E-state index is 12.6.